The third-order valence-corrected chi connectivity index (χ3v) is 4.98. The molecular weight excluding hydrogens is 268 g/mol. The summed E-state index contributed by atoms with van der Waals surface area (Å²) in [5.74, 6) is 0.420. The SMILES string of the molecule is CCC(c1[nH]c2c(c1C)=CCCC=2)c1c[nH]c2ccccc12. The maximum absolute atomic E-state index is 3.71. The van der Waals surface area contributed by atoms with Crippen LogP contribution in [0.1, 0.15) is 48.9 Å². The Hall–Kier alpha value is -2.22. The Morgan fingerprint density at radius 1 is 1.14 bits per heavy atom. The molecule has 2 nitrogen and oxygen atoms in total. The molecule has 2 heteroatoms. The van der Waals surface area contributed by atoms with Crippen molar-refractivity contribution >= 4 is 23.1 Å². The molecule has 1 aromatic carbocycles. The Kier molecular flexibility index (Phi) is 3.18. The van der Waals surface area contributed by atoms with E-state index in [9.17, 15) is 0 Å². The molecule has 2 N–H and O–H groups in total. The fourth-order valence-electron chi connectivity index (χ4n) is 3.84. The lowest BCUT2D eigenvalue weighted by Crippen LogP contribution is -2.25. The quantitative estimate of drug-likeness (QED) is 0.737. The molecule has 0 saturated heterocycles. The molecular formula is C20H22N2. The standard InChI is InChI=1S/C20H22N2/c1-3-14(17-12-21-18-10-6-5-9-16(17)18)20-13(2)15-8-4-7-11-19(15)22-20/h5-6,8-12,14,21-22H,3-4,7H2,1-2H3. The van der Waals surface area contributed by atoms with Crippen LogP contribution in [0.4, 0.5) is 0 Å². The molecule has 0 amide bonds. The molecule has 3 aromatic rings. The third kappa shape index (κ3) is 1.94. The number of H-pyrrole nitrogens is 2. The lowest BCUT2D eigenvalue weighted by Gasteiger charge is -2.14. The number of aromatic amines is 2. The van der Waals surface area contributed by atoms with Gasteiger partial charge in [-0.3, -0.25) is 0 Å². The van der Waals surface area contributed by atoms with Gasteiger partial charge in [-0.2, -0.15) is 0 Å². The third-order valence-electron chi connectivity index (χ3n) is 4.98. The van der Waals surface area contributed by atoms with Crippen LogP contribution in [-0.2, 0) is 0 Å². The average Bonchev–Trinajstić information content (AvgIpc) is 3.12. The molecule has 1 aliphatic rings. The van der Waals surface area contributed by atoms with E-state index >= 15 is 0 Å². The van der Waals surface area contributed by atoms with E-state index in [1.807, 2.05) is 0 Å². The van der Waals surface area contributed by atoms with Crippen LogP contribution < -0.4 is 10.6 Å². The predicted molar refractivity (Wildman–Crippen MR) is 93.4 cm³/mol. The smallest absolute Gasteiger partial charge is 0.0457 e. The van der Waals surface area contributed by atoms with Gasteiger partial charge in [0.05, 0.1) is 0 Å². The van der Waals surface area contributed by atoms with Gasteiger partial charge < -0.3 is 9.97 Å². The number of para-hydroxylation sites is 1. The molecule has 0 spiro atoms. The minimum absolute atomic E-state index is 0.420. The van der Waals surface area contributed by atoms with Gasteiger partial charge in [-0.05, 0) is 48.6 Å². The van der Waals surface area contributed by atoms with Gasteiger partial charge in [0.1, 0.15) is 0 Å². The molecule has 1 aliphatic carbocycles. The summed E-state index contributed by atoms with van der Waals surface area (Å²) in [7, 11) is 0. The van der Waals surface area contributed by atoms with Gasteiger partial charge in [-0.15, -0.1) is 0 Å². The Bertz CT molecular complexity index is 940. The number of nitrogens with one attached hydrogen (secondary N) is 2. The molecule has 0 radical (unpaired) electrons. The monoisotopic (exact) mass is 290 g/mol. The molecule has 0 bridgehead atoms. The van der Waals surface area contributed by atoms with Crippen LogP contribution >= 0.6 is 0 Å². The first-order valence-corrected chi connectivity index (χ1v) is 8.24. The Balaban J connectivity index is 1.92. The van der Waals surface area contributed by atoms with Crippen LogP contribution in [0.15, 0.2) is 30.5 Å². The molecule has 22 heavy (non-hydrogen) atoms. The van der Waals surface area contributed by atoms with Crippen LogP contribution in [-0.4, -0.2) is 9.97 Å². The van der Waals surface area contributed by atoms with Crippen molar-refractivity contribution in [1.29, 1.82) is 0 Å². The second kappa shape index (κ2) is 5.20. The van der Waals surface area contributed by atoms with Crippen LogP contribution in [0.25, 0.3) is 23.1 Å². The van der Waals surface area contributed by atoms with Crippen molar-refractivity contribution < 1.29 is 0 Å². The van der Waals surface area contributed by atoms with Gasteiger partial charge in [0, 0.05) is 34.1 Å². The van der Waals surface area contributed by atoms with Crippen LogP contribution in [0.5, 0.6) is 0 Å². The first kappa shape index (κ1) is 13.4. The van der Waals surface area contributed by atoms with Gasteiger partial charge in [0.15, 0.2) is 0 Å². The molecule has 1 unspecified atom stereocenters. The van der Waals surface area contributed by atoms with Crippen molar-refractivity contribution in [3.63, 3.8) is 0 Å². The summed E-state index contributed by atoms with van der Waals surface area (Å²) in [4.78, 5) is 7.13. The predicted octanol–water partition coefficient (Wildman–Crippen LogP) is 3.70. The molecule has 112 valence electrons. The second-order valence-electron chi connectivity index (χ2n) is 6.23. The lowest BCUT2D eigenvalue weighted by atomic mass is 9.90. The van der Waals surface area contributed by atoms with Crippen molar-refractivity contribution in [3.8, 4) is 0 Å². The zero-order chi connectivity index (χ0) is 15.1. The average molecular weight is 290 g/mol. The number of hydrogen-bond acceptors (Lipinski definition) is 0. The van der Waals surface area contributed by atoms with E-state index in [0.29, 0.717) is 5.92 Å². The molecule has 0 fully saturated rings. The summed E-state index contributed by atoms with van der Waals surface area (Å²) in [5, 5.41) is 4.07. The first-order chi connectivity index (χ1) is 10.8. The van der Waals surface area contributed by atoms with Crippen LogP contribution in [0.3, 0.4) is 0 Å². The van der Waals surface area contributed by atoms with E-state index in [4.69, 9.17) is 0 Å². The molecule has 2 aromatic heterocycles. The largest absolute Gasteiger partial charge is 0.361 e. The Morgan fingerprint density at radius 3 is 2.77 bits per heavy atom. The van der Waals surface area contributed by atoms with E-state index in [0.717, 1.165) is 19.3 Å². The van der Waals surface area contributed by atoms with Crippen LogP contribution in [0.2, 0.25) is 0 Å². The van der Waals surface area contributed by atoms with Gasteiger partial charge in [0.25, 0.3) is 0 Å². The molecule has 0 saturated carbocycles. The zero-order valence-electron chi connectivity index (χ0n) is 13.2. The van der Waals surface area contributed by atoms with E-state index in [1.54, 1.807) is 0 Å². The maximum atomic E-state index is 3.71. The van der Waals surface area contributed by atoms with Gasteiger partial charge in [0.2, 0.25) is 0 Å². The highest BCUT2D eigenvalue weighted by molar-refractivity contribution is 5.84. The van der Waals surface area contributed by atoms with Crippen molar-refractivity contribution in [3.05, 3.63) is 57.9 Å². The summed E-state index contributed by atoms with van der Waals surface area (Å²) < 4.78 is 0. The van der Waals surface area contributed by atoms with Crippen molar-refractivity contribution in [2.75, 3.05) is 0 Å². The minimum atomic E-state index is 0.420. The van der Waals surface area contributed by atoms with Gasteiger partial charge in [-0.1, -0.05) is 37.3 Å². The normalized spacial score (nSPS) is 15.2. The fourth-order valence-corrected chi connectivity index (χ4v) is 3.84. The lowest BCUT2D eigenvalue weighted by molar-refractivity contribution is 0.753. The summed E-state index contributed by atoms with van der Waals surface area (Å²) in [6.07, 6.45) is 10.3. The number of fused-ring (bicyclic) bond motifs is 2. The highest BCUT2D eigenvalue weighted by Gasteiger charge is 2.20. The molecule has 0 aliphatic heterocycles. The molecule has 4 rings (SSSR count). The number of hydrogen-bond donors (Lipinski definition) is 2. The van der Waals surface area contributed by atoms with Crippen molar-refractivity contribution in [2.45, 2.75) is 39.0 Å². The Labute approximate surface area is 130 Å². The second-order valence-corrected chi connectivity index (χ2v) is 6.23. The summed E-state index contributed by atoms with van der Waals surface area (Å²) in [5.41, 5.74) is 5.43. The fraction of sp³-hybridized carbons (Fsp3) is 0.300. The highest BCUT2D eigenvalue weighted by atomic mass is 14.7. The number of aromatic nitrogens is 2. The topological polar surface area (TPSA) is 31.6 Å². The van der Waals surface area contributed by atoms with E-state index in [2.05, 4.69) is 66.4 Å². The summed E-state index contributed by atoms with van der Waals surface area (Å²) in [6.45, 7) is 4.54. The van der Waals surface area contributed by atoms with Crippen molar-refractivity contribution in [2.24, 2.45) is 0 Å². The molecule has 1 atom stereocenters. The van der Waals surface area contributed by atoms with E-state index < -0.39 is 0 Å². The maximum Gasteiger partial charge on any atom is 0.0457 e. The number of benzene rings is 1. The first-order valence-electron chi connectivity index (χ1n) is 8.24. The van der Waals surface area contributed by atoms with Gasteiger partial charge >= 0.3 is 0 Å². The highest BCUT2D eigenvalue weighted by Crippen LogP contribution is 2.32. The van der Waals surface area contributed by atoms with E-state index in [-0.39, 0.29) is 0 Å². The van der Waals surface area contributed by atoms with E-state index in [1.165, 1.54) is 38.3 Å². The van der Waals surface area contributed by atoms with Crippen LogP contribution in [0, 0.1) is 6.92 Å². The van der Waals surface area contributed by atoms with Crippen molar-refractivity contribution in [1.82, 2.24) is 9.97 Å². The zero-order valence-corrected chi connectivity index (χ0v) is 13.2. The Morgan fingerprint density at radius 2 is 1.95 bits per heavy atom. The minimum Gasteiger partial charge on any atom is -0.361 e. The van der Waals surface area contributed by atoms with Gasteiger partial charge in [-0.25, -0.2) is 0 Å². The summed E-state index contributed by atoms with van der Waals surface area (Å²) in [6, 6.07) is 8.59. The summed E-state index contributed by atoms with van der Waals surface area (Å²) >= 11 is 0. The molecule has 2 heterocycles. The number of rotatable bonds is 3.